The van der Waals surface area contributed by atoms with Crippen LogP contribution in [0, 0.1) is 19.8 Å². The summed E-state index contributed by atoms with van der Waals surface area (Å²) in [6.07, 6.45) is 2.56. The van der Waals surface area contributed by atoms with E-state index in [9.17, 15) is 4.79 Å². The average molecular weight is 285 g/mol. The first-order valence-corrected chi connectivity index (χ1v) is 7.15. The third-order valence-corrected chi connectivity index (χ3v) is 3.67. The van der Waals surface area contributed by atoms with Crippen molar-refractivity contribution in [3.05, 3.63) is 35.8 Å². The Morgan fingerprint density at radius 1 is 1.43 bits per heavy atom. The normalized spacial score (nSPS) is 17.9. The fourth-order valence-corrected chi connectivity index (χ4v) is 2.57. The molecule has 0 radical (unpaired) electrons. The van der Waals surface area contributed by atoms with E-state index in [1.54, 1.807) is 10.9 Å². The summed E-state index contributed by atoms with van der Waals surface area (Å²) in [4.78, 5) is 16.4. The molecular formula is C15H19N5O. The molecule has 1 aliphatic heterocycles. The van der Waals surface area contributed by atoms with Crippen LogP contribution in [0.15, 0.2) is 24.4 Å². The van der Waals surface area contributed by atoms with E-state index in [0.717, 1.165) is 42.4 Å². The summed E-state index contributed by atoms with van der Waals surface area (Å²) in [5.74, 6) is 0.863. The van der Waals surface area contributed by atoms with Gasteiger partial charge in [-0.25, -0.2) is 9.67 Å². The second-order valence-electron chi connectivity index (χ2n) is 5.42. The van der Waals surface area contributed by atoms with E-state index in [1.165, 1.54) is 0 Å². The standard InChI is InChI=1S/C15H19N5O/c1-10-7-11(2)20(19-10)14-4-3-13(9-17-14)18-15(21)12-5-6-16-8-12/h3-4,7,9,12,16H,5-6,8H2,1-2H3,(H,18,21). The van der Waals surface area contributed by atoms with Gasteiger partial charge >= 0.3 is 0 Å². The van der Waals surface area contributed by atoms with Crippen molar-refractivity contribution in [1.82, 2.24) is 20.1 Å². The van der Waals surface area contributed by atoms with E-state index < -0.39 is 0 Å². The first-order valence-electron chi connectivity index (χ1n) is 7.15. The summed E-state index contributed by atoms with van der Waals surface area (Å²) in [6.45, 7) is 5.61. The number of carbonyl (C=O) groups is 1. The lowest BCUT2D eigenvalue weighted by molar-refractivity contribution is -0.119. The van der Waals surface area contributed by atoms with Crippen LogP contribution in [0.25, 0.3) is 5.82 Å². The highest BCUT2D eigenvalue weighted by Gasteiger charge is 2.22. The lowest BCUT2D eigenvalue weighted by atomic mass is 10.1. The number of anilines is 1. The SMILES string of the molecule is Cc1cc(C)n(-c2ccc(NC(=O)C3CCNC3)cn2)n1. The molecule has 21 heavy (non-hydrogen) atoms. The molecule has 6 nitrogen and oxygen atoms in total. The molecule has 1 amide bonds. The maximum Gasteiger partial charge on any atom is 0.228 e. The number of aryl methyl sites for hydroxylation is 2. The van der Waals surface area contributed by atoms with Crippen LogP contribution in [-0.2, 0) is 4.79 Å². The van der Waals surface area contributed by atoms with E-state index in [-0.39, 0.29) is 11.8 Å². The Hall–Kier alpha value is -2.21. The highest BCUT2D eigenvalue weighted by molar-refractivity contribution is 5.92. The molecule has 2 N–H and O–H groups in total. The predicted molar refractivity (Wildman–Crippen MR) is 80.4 cm³/mol. The zero-order valence-corrected chi connectivity index (χ0v) is 12.3. The van der Waals surface area contributed by atoms with Gasteiger partial charge in [0.1, 0.15) is 0 Å². The van der Waals surface area contributed by atoms with Gasteiger partial charge in [-0.05, 0) is 45.0 Å². The van der Waals surface area contributed by atoms with Gasteiger partial charge in [-0.1, -0.05) is 0 Å². The Kier molecular flexibility index (Phi) is 3.70. The van der Waals surface area contributed by atoms with Crippen LogP contribution in [0.3, 0.4) is 0 Å². The summed E-state index contributed by atoms with van der Waals surface area (Å²) in [5.41, 5.74) is 2.71. The van der Waals surface area contributed by atoms with Gasteiger partial charge in [0.2, 0.25) is 5.91 Å². The van der Waals surface area contributed by atoms with Crippen molar-refractivity contribution in [1.29, 1.82) is 0 Å². The lowest BCUT2D eigenvalue weighted by Gasteiger charge is -2.10. The molecule has 3 rings (SSSR count). The van der Waals surface area contributed by atoms with Crippen molar-refractivity contribution in [2.45, 2.75) is 20.3 Å². The highest BCUT2D eigenvalue weighted by Crippen LogP contribution is 2.15. The van der Waals surface area contributed by atoms with E-state index in [0.29, 0.717) is 0 Å². The summed E-state index contributed by atoms with van der Waals surface area (Å²) >= 11 is 0. The quantitative estimate of drug-likeness (QED) is 0.895. The fourth-order valence-electron chi connectivity index (χ4n) is 2.57. The topological polar surface area (TPSA) is 71.8 Å². The number of carbonyl (C=O) groups excluding carboxylic acids is 1. The Bertz CT molecular complexity index is 641. The molecule has 1 unspecified atom stereocenters. The van der Waals surface area contributed by atoms with Gasteiger partial charge in [0.05, 0.1) is 23.5 Å². The summed E-state index contributed by atoms with van der Waals surface area (Å²) in [6, 6.07) is 5.73. The molecule has 6 heteroatoms. The Balaban J connectivity index is 1.72. The number of hydrogen-bond donors (Lipinski definition) is 2. The molecule has 0 aromatic carbocycles. The van der Waals surface area contributed by atoms with E-state index in [2.05, 4.69) is 20.7 Å². The van der Waals surface area contributed by atoms with Gasteiger partial charge in [0.15, 0.2) is 5.82 Å². The molecule has 0 saturated carbocycles. The van der Waals surface area contributed by atoms with Crippen LogP contribution in [0.4, 0.5) is 5.69 Å². The van der Waals surface area contributed by atoms with Crippen LogP contribution in [-0.4, -0.2) is 33.8 Å². The second kappa shape index (κ2) is 5.65. The summed E-state index contributed by atoms with van der Waals surface area (Å²) in [7, 11) is 0. The summed E-state index contributed by atoms with van der Waals surface area (Å²) < 4.78 is 1.79. The van der Waals surface area contributed by atoms with Gasteiger partial charge in [-0.2, -0.15) is 5.10 Å². The Morgan fingerprint density at radius 2 is 2.29 bits per heavy atom. The zero-order valence-electron chi connectivity index (χ0n) is 12.3. The molecule has 2 aromatic heterocycles. The average Bonchev–Trinajstić information content (AvgIpc) is 3.09. The number of nitrogens with zero attached hydrogens (tertiary/aromatic N) is 3. The predicted octanol–water partition coefficient (Wildman–Crippen LogP) is 1.43. The highest BCUT2D eigenvalue weighted by atomic mass is 16.1. The van der Waals surface area contributed by atoms with Gasteiger partial charge in [0, 0.05) is 12.2 Å². The van der Waals surface area contributed by atoms with Crippen molar-refractivity contribution >= 4 is 11.6 Å². The number of amides is 1. The molecule has 1 saturated heterocycles. The molecule has 0 spiro atoms. The van der Waals surface area contributed by atoms with Gasteiger partial charge in [-0.3, -0.25) is 4.79 Å². The monoisotopic (exact) mass is 285 g/mol. The maximum atomic E-state index is 12.0. The van der Waals surface area contributed by atoms with Gasteiger partial charge < -0.3 is 10.6 Å². The maximum absolute atomic E-state index is 12.0. The van der Waals surface area contributed by atoms with Gasteiger partial charge in [-0.15, -0.1) is 0 Å². The number of rotatable bonds is 3. The van der Waals surface area contributed by atoms with Crippen LogP contribution in [0.2, 0.25) is 0 Å². The Labute approximate surface area is 123 Å². The Morgan fingerprint density at radius 3 is 2.86 bits per heavy atom. The van der Waals surface area contributed by atoms with E-state index in [1.807, 2.05) is 32.0 Å². The lowest BCUT2D eigenvalue weighted by Crippen LogP contribution is -2.24. The van der Waals surface area contributed by atoms with Crippen LogP contribution >= 0.6 is 0 Å². The van der Waals surface area contributed by atoms with Crippen molar-refractivity contribution in [3.63, 3.8) is 0 Å². The van der Waals surface area contributed by atoms with Crippen molar-refractivity contribution in [2.24, 2.45) is 5.92 Å². The molecule has 3 heterocycles. The molecule has 1 atom stereocenters. The third-order valence-electron chi connectivity index (χ3n) is 3.67. The van der Waals surface area contributed by atoms with Crippen molar-refractivity contribution in [2.75, 3.05) is 18.4 Å². The summed E-state index contributed by atoms with van der Waals surface area (Å²) in [5, 5.41) is 10.5. The van der Waals surface area contributed by atoms with E-state index in [4.69, 9.17) is 0 Å². The minimum atomic E-state index is 0.0562. The van der Waals surface area contributed by atoms with Gasteiger partial charge in [0.25, 0.3) is 0 Å². The number of pyridine rings is 1. The first-order chi connectivity index (χ1) is 10.1. The van der Waals surface area contributed by atoms with Crippen LogP contribution in [0.5, 0.6) is 0 Å². The molecular weight excluding hydrogens is 266 g/mol. The third kappa shape index (κ3) is 2.95. The number of aromatic nitrogens is 3. The first kappa shape index (κ1) is 13.8. The molecule has 1 aliphatic rings. The minimum Gasteiger partial charge on any atom is -0.324 e. The number of hydrogen-bond acceptors (Lipinski definition) is 4. The molecule has 110 valence electrons. The minimum absolute atomic E-state index is 0.0562. The van der Waals surface area contributed by atoms with Crippen LogP contribution < -0.4 is 10.6 Å². The molecule has 1 fully saturated rings. The molecule has 2 aromatic rings. The smallest absolute Gasteiger partial charge is 0.228 e. The molecule has 0 aliphatic carbocycles. The fraction of sp³-hybridized carbons (Fsp3) is 0.400. The second-order valence-corrected chi connectivity index (χ2v) is 5.42. The molecule has 0 bridgehead atoms. The largest absolute Gasteiger partial charge is 0.324 e. The van der Waals surface area contributed by atoms with E-state index >= 15 is 0 Å². The zero-order chi connectivity index (χ0) is 14.8. The van der Waals surface area contributed by atoms with Crippen molar-refractivity contribution < 1.29 is 4.79 Å². The van der Waals surface area contributed by atoms with Crippen LogP contribution in [0.1, 0.15) is 17.8 Å². The van der Waals surface area contributed by atoms with Crippen molar-refractivity contribution in [3.8, 4) is 5.82 Å². The number of nitrogens with one attached hydrogen (secondary N) is 2.